The lowest BCUT2D eigenvalue weighted by atomic mass is 9.89. The first-order valence-corrected chi connectivity index (χ1v) is 9.02. The Labute approximate surface area is 146 Å². The molecule has 3 rings (SSSR count). The first-order chi connectivity index (χ1) is 12.0. The molecule has 0 heterocycles. The summed E-state index contributed by atoms with van der Waals surface area (Å²) in [5.74, 6) is -0.914. The Morgan fingerprint density at radius 3 is 2.08 bits per heavy atom. The molecule has 2 atom stereocenters. The maximum Gasteiger partial charge on any atom is 0.387 e. The molecule has 138 valence electrons. The quantitative estimate of drug-likeness (QED) is 0.435. The summed E-state index contributed by atoms with van der Waals surface area (Å²) in [7, 11) is 0. The highest BCUT2D eigenvalue weighted by molar-refractivity contribution is 5.33. The van der Waals surface area contributed by atoms with E-state index in [-0.39, 0.29) is 5.92 Å². The fraction of sp³-hybridized carbons (Fsp3) is 0.600. The molecule has 0 N–H and O–H groups in total. The fourth-order valence-electron chi connectivity index (χ4n) is 4.80. The van der Waals surface area contributed by atoms with Crippen LogP contribution in [-0.4, -0.2) is 6.61 Å². The van der Waals surface area contributed by atoms with E-state index in [2.05, 4.69) is 11.3 Å². The average molecular weight is 356 g/mol. The Balaban J connectivity index is 1.69. The number of rotatable bonds is 5. The van der Waals surface area contributed by atoms with Crippen molar-refractivity contribution in [3.63, 3.8) is 0 Å². The molecule has 25 heavy (non-hydrogen) atoms. The van der Waals surface area contributed by atoms with Crippen LogP contribution in [0.25, 0.3) is 0 Å². The molecule has 2 aliphatic rings. The van der Waals surface area contributed by atoms with E-state index in [1.807, 2.05) is 6.08 Å². The minimum absolute atomic E-state index is 0.0769. The molecule has 0 radical (unpaired) electrons. The molecule has 2 saturated carbocycles. The smallest absolute Gasteiger partial charge is 0.387 e. The Morgan fingerprint density at radius 2 is 1.60 bits per heavy atom. The zero-order chi connectivity index (χ0) is 18.0. The van der Waals surface area contributed by atoms with Gasteiger partial charge in [0.2, 0.25) is 0 Å². The third-order valence-corrected chi connectivity index (χ3v) is 5.91. The Morgan fingerprint density at radius 1 is 1.04 bits per heavy atom. The zero-order valence-electron chi connectivity index (χ0n) is 14.2. The summed E-state index contributed by atoms with van der Waals surface area (Å²) in [5, 5.41) is 0. The van der Waals surface area contributed by atoms with Crippen molar-refractivity contribution in [1.82, 2.24) is 0 Å². The zero-order valence-corrected chi connectivity index (χ0v) is 14.2. The molecule has 0 amide bonds. The van der Waals surface area contributed by atoms with Crippen LogP contribution in [-0.2, 0) is 0 Å². The minimum atomic E-state index is -3.24. The molecular weight excluding hydrogens is 332 g/mol. The molecule has 1 aromatic rings. The van der Waals surface area contributed by atoms with Crippen LogP contribution in [0.4, 0.5) is 17.6 Å². The Bertz CT molecular complexity index is 577. The molecule has 5 heteroatoms. The van der Waals surface area contributed by atoms with Gasteiger partial charge in [-0.15, -0.1) is 6.58 Å². The topological polar surface area (TPSA) is 9.23 Å². The van der Waals surface area contributed by atoms with E-state index >= 15 is 0 Å². The first kappa shape index (κ1) is 18.3. The van der Waals surface area contributed by atoms with Crippen molar-refractivity contribution < 1.29 is 22.3 Å². The summed E-state index contributed by atoms with van der Waals surface area (Å²) in [6.07, 6.45) is 9.38. The van der Waals surface area contributed by atoms with E-state index in [1.54, 1.807) is 0 Å². The van der Waals surface area contributed by atoms with Crippen LogP contribution in [0.2, 0.25) is 0 Å². The summed E-state index contributed by atoms with van der Waals surface area (Å²) >= 11 is 0. The highest BCUT2D eigenvalue weighted by Gasteiger charge is 2.36. The molecule has 2 unspecified atom stereocenters. The molecule has 0 aliphatic heterocycles. The van der Waals surface area contributed by atoms with E-state index in [1.165, 1.54) is 12.8 Å². The fourth-order valence-corrected chi connectivity index (χ4v) is 4.80. The number of hydrogen-bond acceptors (Lipinski definition) is 1. The Hall–Kier alpha value is -1.52. The summed E-state index contributed by atoms with van der Waals surface area (Å²) in [4.78, 5) is 0. The molecule has 2 fully saturated rings. The number of alkyl halides is 2. The first-order valence-electron chi connectivity index (χ1n) is 9.02. The van der Waals surface area contributed by atoms with Crippen LogP contribution >= 0.6 is 0 Å². The highest BCUT2D eigenvalue weighted by Crippen LogP contribution is 2.48. The van der Waals surface area contributed by atoms with Crippen molar-refractivity contribution in [2.75, 3.05) is 0 Å². The SMILES string of the molecule is C=CCC1CC2CCC(c3cc(F)c(OC(F)F)c(F)c3)CCC2C1. The second-order valence-corrected chi connectivity index (χ2v) is 7.43. The lowest BCUT2D eigenvalue weighted by Gasteiger charge is -2.17. The van der Waals surface area contributed by atoms with Gasteiger partial charge in [-0.05, 0) is 86.3 Å². The minimum Gasteiger partial charge on any atom is -0.429 e. The van der Waals surface area contributed by atoms with Crippen LogP contribution in [0.5, 0.6) is 5.75 Å². The second-order valence-electron chi connectivity index (χ2n) is 7.43. The monoisotopic (exact) mass is 356 g/mol. The van der Waals surface area contributed by atoms with Gasteiger partial charge >= 0.3 is 6.61 Å². The van der Waals surface area contributed by atoms with E-state index in [4.69, 9.17) is 0 Å². The van der Waals surface area contributed by atoms with Crippen LogP contribution in [0.1, 0.15) is 56.4 Å². The number of ether oxygens (including phenoxy) is 1. The molecule has 0 saturated heterocycles. The summed E-state index contributed by atoms with van der Waals surface area (Å²) in [6.45, 7) is 0.585. The van der Waals surface area contributed by atoms with Gasteiger partial charge in [0.15, 0.2) is 17.4 Å². The number of fused-ring (bicyclic) bond motifs is 1. The van der Waals surface area contributed by atoms with E-state index in [0.717, 1.165) is 50.2 Å². The van der Waals surface area contributed by atoms with Gasteiger partial charge in [-0.25, -0.2) is 8.78 Å². The third-order valence-electron chi connectivity index (χ3n) is 5.91. The van der Waals surface area contributed by atoms with Gasteiger partial charge in [-0.2, -0.15) is 8.78 Å². The summed E-state index contributed by atoms with van der Waals surface area (Å²) < 4.78 is 56.4. The molecule has 2 aliphatic carbocycles. The van der Waals surface area contributed by atoms with Crippen LogP contribution in [0.15, 0.2) is 24.8 Å². The van der Waals surface area contributed by atoms with Gasteiger partial charge < -0.3 is 4.74 Å². The molecule has 1 aromatic carbocycles. The van der Waals surface area contributed by atoms with Gasteiger partial charge in [-0.3, -0.25) is 0 Å². The number of halogens is 4. The number of benzene rings is 1. The predicted octanol–water partition coefficient (Wildman–Crippen LogP) is 6.44. The largest absolute Gasteiger partial charge is 0.429 e. The molecule has 1 nitrogen and oxygen atoms in total. The van der Waals surface area contributed by atoms with Gasteiger partial charge in [0.05, 0.1) is 0 Å². The van der Waals surface area contributed by atoms with Crippen molar-refractivity contribution in [1.29, 1.82) is 0 Å². The van der Waals surface area contributed by atoms with Gasteiger partial charge in [0.25, 0.3) is 0 Å². The lowest BCUT2D eigenvalue weighted by molar-refractivity contribution is -0.0546. The molecule has 0 bridgehead atoms. The molecule has 0 aromatic heterocycles. The molecular formula is C20H24F4O. The van der Waals surface area contributed by atoms with Crippen molar-refractivity contribution >= 4 is 0 Å². The van der Waals surface area contributed by atoms with Crippen LogP contribution in [0, 0.1) is 29.4 Å². The second kappa shape index (κ2) is 7.79. The molecule has 0 spiro atoms. The van der Waals surface area contributed by atoms with Crippen molar-refractivity contribution in [3.05, 3.63) is 42.0 Å². The Kier molecular flexibility index (Phi) is 5.70. The predicted molar refractivity (Wildman–Crippen MR) is 88.7 cm³/mol. The summed E-state index contributed by atoms with van der Waals surface area (Å²) in [6, 6.07) is 2.32. The normalized spacial score (nSPS) is 29.3. The van der Waals surface area contributed by atoms with Gasteiger partial charge in [0, 0.05) is 0 Å². The van der Waals surface area contributed by atoms with Crippen molar-refractivity contribution in [2.45, 2.75) is 57.5 Å². The van der Waals surface area contributed by atoms with Crippen molar-refractivity contribution in [3.8, 4) is 5.75 Å². The summed E-state index contributed by atoms with van der Waals surface area (Å²) in [5.41, 5.74) is 0.555. The maximum absolute atomic E-state index is 14.0. The number of hydrogen-bond donors (Lipinski definition) is 0. The number of allylic oxidation sites excluding steroid dienone is 1. The van der Waals surface area contributed by atoms with Crippen molar-refractivity contribution in [2.24, 2.45) is 17.8 Å². The lowest BCUT2D eigenvalue weighted by Crippen LogP contribution is -2.08. The van der Waals surface area contributed by atoms with Gasteiger partial charge in [0.1, 0.15) is 0 Å². The third kappa shape index (κ3) is 4.18. The van der Waals surface area contributed by atoms with Crippen LogP contribution in [0.3, 0.4) is 0 Å². The van der Waals surface area contributed by atoms with E-state index in [0.29, 0.717) is 17.4 Å². The maximum atomic E-state index is 14.0. The van der Waals surface area contributed by atoms with E-state index < -0.39 is 24.0 Å². The van der Waals surface area contributed by atoms with Gasteiger partial charge in [-0.1, -0.05) is 6.08 Å². The van der Waals surface area contributed by atoms with Crippen LogP contribution < -0.4 is 4.74 Å². The highest BCUT2D eigenvalue weighted by atomic mass is 19.3. The average Bonchev–Trinajstić information content (AvgIpc) is 2.82. The van der Waals surface area contributed by atoms with E-state index in [9.17, 15) is 17.6 Å². The standard InChI is InChI=1S/C20H24F4O/c1-2-3-12-8-14-6-4-13(5-7-15(14)9-12)16-10-17(21)19(18(22)11-16)25-20(23)24/h2,10-15,20H,1,3-9H2.